The minimum Gasteiger partial charge on any atom is -0.497 e. The predicted molar refractivity (Wildman–Crippen MR) is 158 cm³/mol. The van der Waals surface area contributed by atoms with E-state index in [0.29, 0.717) is 10.2 Å². The van der Waals surface area contributed by atoms with Crippen LogP contribution < -0.4 is 10.1 Å². The van der Waals surface area contributed by atoms with Crippen molar-refractivity contribution >= 4 is 21.8 Å². The topological polar surface area (TPSA) is 42.8 Å². The van der Waals surface area contributed by atoms with E-state index in [1.54, 1.807) is 7.11 Å². The molecule has 0 aliphatic carbocycles. The molecule has 1 unspecified atom stereocenters. The summed E-state index contributed by atoms with van der Waals surface area (Å²) in [5, 5.41) is 3.53. The fourth-order valence-electron chi connectivity index (χ4n) is 5.26. The number of nitrogens with zero attached hydrogens (tertiary/aromatic N) is 1. The lowest BCUT2D eigenvalue weighted by atomic mass is 9.76. The zero-order valence-corrected chi connectivity index (χ0v) is 24.5. The van der Waals surface area contributed by atoms with E-state index in [4.69, 9.17) is 9.47 Å². The third kappa shape index (κ3) is 5.38. The number of hydrogen-bond donors (Lipinski definition) is 1. The van der Waals surface area contributed by atoms with Crippen LogP contribution in [0.2, 0.25) is 0 Å². The van der Waals surface area contributed by atoms with Gasteiger partial charge < -0.3 is 14.8 Å². The van der Waals surface area contributed by atoms with Crippen LogP contribution in [0.3, 0.4) is 0 Å². The summed E-state index contributed by atoms with van der Waals surface area (Å²) < 4.78 is 58.1. The monoisotopic (exact) mass is 622 g/mol. The molecule has 0 saturated heterocycles. The Kier molecular flexibility index (Phi) is 7.99. The maximum absolute atomic E-state index is 15.8. The van der Waals surface area contributed by atoms with E-state index < -0.39 is 29.4 Å². The molecule has 0 fully saturated rings. The molecule has 1 N–H and O–H groups in total. The smallest absolute Gasteiger partial charge is 0.299 e. The van der Waals surface area contributed by atoms with E-state index in [2.05, 4.69) is 26.2 Å². The molecule has 0 aromatic heterocycles. The predicted octanol–water partition coefficient (Wildman–Crippen LogP) is 7.77. The summed E-state index contributed by atoms with van der Waals surface area (Å²) in [5.74, 6) is -3.45. The summed E-state index contributed by atoms with van der Waals surface area (Å²) in [4.78, 5) is 4.59. The first-order chi connectivity index (χ1) is 19.6. The van der Waals surface area contributed by atoms with Crippen LogP contribution in [0, 0.1) is 12.7 Å². The summed E-state index contributed by atoms with van der Waals surface area (Å²) >= 11 is 3.30. The van der Waals surface area contributed by atoms with Crippen molar-refractivity contribution in [1.29, 1.82) is 0 Å². The Bertz CT molecular complexity index is 1550. The van der Waals surface area contributed by atoms with Crippen molar-refractivity contribution in [3.05, 3.63) is 135 Å². The average molecular weight is 624 g/mol. The molecule has 0 radical (unpaired) electrons. The molecule has 4 nitrogen and oxygen atoms in total. The Morgan fingerprint density at radius 2 is 1.51 bits per heavy atom. The first-order valence-corrected chi connectivity index (χ1v) is 13.9. The lowest BCUT2D eigenvalue weighted by Crippen LogP contribution is -2.50. The summed E-state index contributed by atoms with van der Waals surface area (Å²) in [6.07, 6.45) is 0. The number of rotatable bonds is 6. The van der Waals surface area contributed by atoms with Crippen molar-refractivity contribution in [2.75, 3.05) is 20.3 Å². The van der Waals surface area contributed by atoms with Gasteiger partial charge in [-0.05, 0) is 60.9 Å². The molecule has 212 valence electrons. The zero-order chi connectivity index (χ0) is 29.3. The van der Waals surface area contributed by atoms with Gasteiger partial charge in [-0.15, -0.1) is 0 Å². The normalized spacial score (nSPS) is 19.9. The molecule has 0 saturated carbocycles. The van der Waals surface area contributed by atoms with Crippen molar-refractivity contribution in [3.8, 4) is 5.75 Å². The van der Waals surface area contributed by atoms with Gasteiger partial charge >= 0.3 is 0 Å². The van der Waals surface area contributed by atoms with Crippen molar-refractivity contribution in [1.82, 2.24) is 5.32 Å². The quantitative estimate of drug-likeness (QED) is 0.223. The average Bonchev–Trinajstić information content (AvgIpc) is 3.08. The van der Waals surface area contributed by atoms with E-state index >= 15 is 13.2 Å². The summed E-state index contributed by atoms with van der Waals surface area (Å²) in [5.41, 5.74) is 0.0402. The van der Waals surface area contributed by atoms with Gasteiger partial charge in [0.05, 0.1) is 7.11 Å². The highest BCUT2D eigenvalue weighted by Crippen LogP contribution is 2.45. The highest BCUT2D eigenvalue weighted by atomic mass is 79.9. The first kappa shape index (κ1) is 28.9. The van der Waals surface area contributed by atoms with E-state index in [0.717, 1.165) is 28.3 Å². The summed E-state index contributed by atoms with van der Waals surface area (Å²) in [6.45, 7) is 2.10. The maximum Gasteiger partial charge on any atom is 0.299 e. The Hall–Kier alpha value is -3.62. The molecule has 1 aliphatic rings. The maximum atomic E-state index is 15.8. The number of ether oxygens (including phenoxy) is 2. The highest BCUT2D eigenvalue weighted by Gasteiger charge is 2.55. The highest BCUT2D eigenvalue weighted by molar-refractivity contribution is 9.10. The van der Waals surface area contributed by atoms with Crippen LogP contribution in [0.25, 0.3) is 0 Å². The van der Waals surface area contributed by atoms with Gasteiger partial charge in [-0.2, -0.15) is 0 Å². The van der Waals surface area contributed by atoms with Crippen molar-refractivity contribution in [3.63, 3.8) is 0 Å². The number of aryl methyl sites for hydroxylation is 1. The molecule has 0 spiro atoms. The van der Waals surface area contributed by atoms with E-state index in [-0.39, 0.29) is 18.0 Å². The number of alkyl halides is 2. The van der Waals surface area contributed by atoms with Crippen LogP contribution in [0.1, 0.15) is 34.7 Å². The largest absolute Gasteiger partial charge is 0.497 e. The van der Waals surface area contributed by atoms with E-state index in [1.807, 2.05) is 85.8 Å². The summed E-state index contributed by atoms with van der Waals surface area (Å²) in [6, 6.07) is 29.2. The Balaban J connectivity index is 1.77. The molecule has 4 aromatic rings. The van der Waals surface area contributed by atoms with Crippen LogP contribution in [0.5, 0.6) is 5.75 Å². The van der Waals surface area contributed by atoms with Gasteiger partial charge in [-0.25, -0.2) is 13.2 Å². The SMILES string of the molecule is COc1ccc(C(NC2=N[C@](C)(c3cc(Br)ccc3F)C(F)(F)COC2)(c2ccccc2)c2ccc(C)cc2)cc1. The zero-order valence-electron chi connectivity index (χ0n) is 22.9. The van der Waals surface area contributed by atoms with Crippen molar-refractivity contribution in [2.45, 2.75) is 30.8 Å². The standard InChI is InChI=1S/C33H30BrF3N2O2/c1-22-9-11-24(12-10-22)33(23-7-5-4-6-8-23,25-13-16-27(40-3)17-14-25)39-30-20-41-21-32(36,37)31(2,38-30)28-19-26(34)15-18-29(28)35/h4-19H,20-21H2,1-3H3,(H,38,39)/t31-,33?/m1/s1. The number of benzene rings is 4. The molecule has 1 aliphatic heterocycles. The van der Waals surface area contributed by atoms with Crippen LogP contribution in [0.15, 0.2) is 107 Å². The molecule has 0 amide bonds. The molecule has 5 rings (SSSR count). The number of methoxy groups -OCH3 is 1. The van der Waals surface area contributed by atoms with E-state index in [9.17, 15) is 0 Å². The first-order valence-electron chi connectivity index (χ1n) is 13.1. The van der Waals surface area contributed by atoms with Crippen molar-refractivity contribution in [2.24, 2.45) is 4.99 Å². The van der Waals surface area contributed by atoms with Gasteiger partial charge in [-0.3, -0.25) is 4.99 Å². The van der Waals surface area contributed by atoms with Crippen LogP contribution in [0.4, 0.5) is 13.2 Å². The fourth-order valence-corrected chi connectivity index (χ4v) is 5.62. The lowest BCUT2D eigenvalue weighted by molar-refractivity contribution is -0.116. The minimum absolute atomic E-state index is 0.157. The molecule has 2 atom stereocenters. The van der Waals surface area contributed by atoms with Gasteiger partial charge in [0.15, 0.2) is 5.54 Å². The molecular formula is C33H30BrF3N2O2. The Morgan fingerprint density at radius 3 is 2.15 bits per heavy atom. The van der Waals surface area contributed by atoms with E-state index in [1.165, 1.54) is 19.1 Å². The second-order valence-corrected chi connectivity index (χ2v) is 11.2. The number of nitrogens with one attached hydrogen (secondary N) is 1. The second kappa shape index (κ2) is 11.3. The number of amidine groups is 1. The third-order valence-electron chi connectivity index (χ3n) is 7.59. The molecule has 1 heterocycles. The van der Waals surface area contributed by atoms with Gasteiger partial charge in [0, 0.05) is 10.0 Å². The van der Waals surface area contributed by atoms with Crippen molar-refractivity contribution < 1.29 is 22.6 Å². The minimum atomic E-state index is -3.50. The second-order valence-electron chi connectivity index (χ2n) is 10.3. The molecular weight excluding hydrogens is 593 g/mol. The Morgan fingerprint density at radius 1 is 0.902 bits per heavy atom. The number of hydrogen-bond acceptors (Lipinski definition) is 4. The lowest BCUT2D eigenvalue weighted by Gasteiger charge is -2.39. The molecule has 8 heteroatoms. The van der Waals surface area contributed by atoms with Gasteiger partial charge in [-0.1, -0.05) is 88.2 Å². The fraction of sp³-hybridized carbons (Fsp3) is 0.242. The molecule has 41 heavy (non-hydrogen) atoms. The van der Waals surface area contributed by atoms with Crippen LogP contribution >= 0.6 is 15.9 Å². The van der Waals surface area contributed by atoms with Gasteiger partial charge in [0.2, 0.25) is 0 Å². The Labute approximate surface area is 246 Å². The third-order valence-corrected chi connectivity index (χ3v) is 8.09. The molecule has 0 bridgehead atoms. The van der Waals surface area contributed by atoms with Gasteiger partial charge in [0.25, 0.3) is 5.92 Å². The van der Waals surface area contributed by atoms with Gasteiger partial charge in [0.1, 0.15) is 36.2 Å². The molecule has 4 aromatic carbocycles. The van der Waals surface area contributed by atoms with Crippen LogP contribution in [-0.4, -0.2) is 32.1 Å². The number of halogens is 4. The number of aliphatic imine (C=N–C) groups is 1. The summed E-state index contributed by atoms with van der Waals surface area (Å²) in [7, 11) is 1.59. The van der Waals surface area contributed by atoms with Crippen LogP contribution in [-0.2, 0) is 15.8 Å².